The molecule has 0 aliphatic carbocycles. The number of rotatable bonds is 2. The first-order valence-electron chi connectivity index (χ1n) is 5.33. The molecule has 3 rings (SSSR count). The van der Waals surface area contributed by atoms with Crippen molar-refractivity contribution in [2.45, 2.75) is 0 Å². The largest absolute Gasteiger partial charge is 0.298 e. The van der Waals surface area contributed by atoms with Gasteiger partial charge in [-0.25, -0.2) is 4.98 Å². The van der Waals surface area contributed by atoms with E-state index in [0.717, 1.165) is 17.4 Å². The fraction of sp³-hybridized carbons (Fsp3) is 0. The highest BCUT2D eigenvalue weighted by Gasteiger charge is 2.12. The topological polar surface area (TPSA) is 47.3 Å². The second kappa shape index (κ2) is 4.23. The molecule has 0 bridgehead atoms. The molecule has 0 saturated heterocycles. The van der Waals surface area contributed by atoms with E-state index >= 15 is 0 Å². The lowest BCUT2D eigenvalue weighted by atomic mass is 10.2. The molecule has 0 aromatic carbocycles. The highest BCUT2D eigenvalue weighted by atomic mass is 35.5. The van der Waals surface area contributed by atoms with E-state index in [4.69, 9.17) is 11.6 Å². The number of pyridine rings is 2. The Labute approximate surface area is 108 Å². The number of aromatic nitrogens is 3. The molecule has 4 nitrogen and oxygen atoms in total. The van der Waals surface area contributed by atoms with Crippen LogP contribution >= 0.6 is 11.6 Å². The van der Waals surface area contributed by atoms with Crippen molar-refractivity contribution in [3.8, 4) is 11.4 Å². The van der Waals surface area contributed by atoms with Gasteiger partial charge >= 0.3 is 0 Å². The van der Waals surface area contributed by atoms with Gasteiger partial charge in [-0.3, -0.25) is 14.2 Å². The van der Waals surface area contributed by atoms with Crippen molar-refractivity contribution in [3.63, 3.8) is 0 Å². The summed E-state index contributed by atoms with van der Waals surface area (Å²) in [6, 6.07) is 7.19. The summed E-state index contributed by atoms with van der Waals surface area (Å²) >= 11 is 5.98. The van der Waals surface area contributed by atoms with Crippen molar-refractivity contribution in [2.24, 2.45) is 0 Å². The minimum absolute atomic E-state index is 0.401. The summed E-state index contributed by atoms with van der Waals surface area (Å²) < 4.78 is 1.81. The lowest BCUT2D eigenvalue weighted by Crippen LogP contribution is -1.89. The summed E-state index contributed by atoms with van der Waals surface area (Å²) in [5.74, 6) is 0.678. The molecule has 0 atom stereocenters. The molecule has 0 radical (unpaired) electrons. The molecule has 3 aromatic rings. The average molecular weight is 258 g/mol. The van der Waals surface area contributed by atoms with Crippen LogP contribution in [0.5, 0.6) is 0 Å². The number of nitrogens with zero attached hydrogens (tertiary/aromatic N) is 3. The van der Waals surface area contributed by atoms with Gasteiger partial charge < -0.3 is 0 Å². The average Bonchev–Trinajstić information content (AvgIpc) is 2.77. The van der Waals surface area contributed by atoms with Gasteiger partial charge in [0.25, 0.3) is 0 Å². The Kier molecular flexibility index (Phi) is 2.57. The zero-order chi connectivity index (χ0) is 12.5. The molecule has 3 heterocycles. The van der Waals surface area contributed by atoms with E-state index in [0.29, 0.717) is 16.5 Å². The number of imidazole rings is 1. The van der Waals surface area contributed by atoms with Gasteiger partial charge in [0, 0.05) is 24.2 Å². The van der Waals surface area contributed by atoms with Crippen molar-refractivity contribution < 1.29 is 4.79 Å². The van der Waals surface area contributed by atoms with Crippen LogP contribution in [-0.2, 0) is 0 Å². The molecular formula is C13H8ClN3O. The molecule has 5 heteroatoms. The Morgan fingerprint density at radius 2 is 1.94 bits per heavy atom. The Bertz CT molecular complexity index is 722. The predicted octanol–water partition coefficient (Wildman–Crippen LogP) is 2.86. The van der Waals surface area contributed by atoms with Crippen LogP contribution in [-0.4, -0.2) is 20.7 Å². The van der Waals surface area contributed by atoms with Gasteiger partial charge in [-0.1, -0.05) is 11.6 Å². The number of carbonyl (C=O) groups excluding carboxylic acids is 1. The van der Waals surface area contributed by atoms with Crippen LogP contribution < -0.4 is 0 Å². The van der Waals surface area contributed by atoms with E-state index in [2.05, 4.69) is 9.97 Å². The van der Waals surface area contributed by atoms with Crippen LogP contribution in [0.15, 0.2) is 42.9 Å². The maximum Gasteiger partial charge on any atom is 0.170 e. The molecule has 0 aliphatic heterocycles. The lowest BCUT2D eigenvalue weighted by molar-refractivity contribution is 0.112. The van der Waals surface area contributed by atoms with Crippen LogP contribution in [0.1, 0.15) is 10.5 Å². The smallest absolute Gasteiger partial charge is 0.170 e. The summed E-state index contributed by atoms with van der Waals surface area (Å²) in [7, 11) is 0. The summed E-state index contributed by atoms with van der Waals surface area (Å²) in [5.41, 5.74) is 2.02. The van der Waals surface area contributed by atoms with Gasteiger partial charge in [-0.15, -0.1) is 0 Å². The minimum Gasteiger partial charge on any atom is -0.298 e. The number of hydrogen-bond acceptors (Lipinski definition) is 3. The summed E-state index contributed by atoms with van der Waals surface area (Å²) in [6.07, 6.45) is 5.85. The van der Waals surface area contributed by atoms with Crippen LogP contribution in [0.2, 0.25) is 5.02 Å². The third kappa shape index (κ3) is 1.67. The highest BCUT2D eigenvalue weighted by Crippen LogP contribution is 2.23. The molecule has 0 amide bonds. The van der Waals surface area contributed by atoms with Gasteiger partial charge in [0.15, 0.2) is 6.29 Å². The maximum absolute atomic E-state index is 11.0. The van der Waals surface area contributed by atoms with Crippen molar-refractivity contribution in [1.29, 1.82) is 0 Å². The second-order valence-corrected chi connectivity index (χ2v) is 4.21. The molecule has 18 heavy (non-hydrogen) atoms. The first-order valence-corrected chi connectivity index (χ1v) is 5.70. The van der Waals surface area contributed by atoms with Crippen molar-refractivity contribution in [2.75, 3.05) is 0 Å². The van der Waals surface area contributed by atoms with Gasteiger partial charge in [-0.05, 0) is 24.3 Å². The van der Waals surface area contributed by atoms with Gasteiger partial charge in [-0.2, -0.15) is 0 Å². The number of aldehydes is 1. The van der Waals surface area contributed by atoms with E-state index in [1.165, 1.54) is 0 Å². The zero-order valence-electron chi connectivity index (χ0n) is 9.25. The SMILES string of the molecule is O=Cc1nc(-c2ccncc2)n2cc(Cl)ccc12. The number of carbonyl (C=O) groups is 1. The van der Waals surface area contributed by atoms with E-state index in [1.807, 2.05) is 12.1 Å². The minimum atomic E-state index is 0.401. The van der Waals surface area contributed by atoms with Crippen LogP contribution in [0.25, 0.3) is 16.9 Å². The third-order valence-electron chi connectivity index (χ3n) is 2.68. The van der Waals surface area contributed by atoms with Gasteiger partial charge in [0.1, 0.15) is 11.5 Å². The monoisotopic (exact) mass is 257 g/mol. The fourth-order valence-corrected chi connectivity index (χ4v) is 2.04. The molecule has 0 saturated carbocycles. The summed E-state index contributed by atoms with van der Waals surface area (Å²) in [4.78, 5) is 19.3. The molecule has 0 spiro atoms. The Balaban J connectivity index is 2.36. The first-order chi connectivity index (χ1) is 8.79. The molecule has 88 valence electrons. The van der Waals surface area contributed by atoms with Crippen molar-refractivity contribution >= 4 is 23.4 Å². The van der Waals surface area contributed by atoms with E-state index < -0.39 is 0 Å². The fourth-order valence-electron chi connectivity index (χ4n) is 1.88. The lowest BCUT2D eigenvalue weighted by Gasteiger charge is -2.01. The Morgan fingerprint density at radius 1 is 1.17 bits per heavy atom. The normalized spacial score (nSPS) is 10.7. The molecule has 3 aromatic heterocycles. The van der Waals surface area contributed by atoms with Gasteiger partial charge in [0.2, 0.25) is 0 Å². The number of hydrogen-bond donors (Lipinski definition) is 0. The van der Waals surface area contributed by atoms with E-state index in [9.17, 15) is 4.79 Å². The van der Waals surface area contributed by atoms with E-state index in [-0.39, 0.29) is 0 Å². The molecule has 0 fully saturated rings. The van der Waals surface area contributed by atoms with E-state index in [1.54, 1.807) is 35.1 Å². The molecule has 0 aliphatic rings. The summed E-state index contributed by atoms with van der Waals surface area (Å²) in [6.45, 7) is 0. The number of halogens is 1. The Morgan fingerprint density at radius 3 is 2.67 bits per heavy atom. The summed E-state index contributed by atoms with van der Waals surface area (Å²) in [5, 5.41) is 0.590. The van der Waals surface area contributed by atoms with Crippen molar-refractivity contribution in [3.05, 3.63) is 53.6 Å². The zero-order valence-corrected chi connectivity index (χ0v) is 10.0. The predicted molar refractivity (Wildman–Crippen MR) is 68.8 cm³/mol. The van der Waals surface area contributed by atoms with Crippen LogP contribution in [0, 0.1) is 0 Å². The van der Waals surface area contributed by atoms with Crippen molar-refractivity contribution in [1.82, 2.24) is 14.4 Å². The molecule has 0 N–H and O–H groups in total. The molecule has 0 unspecified atom stereocenters. The standard InChI is InChI=1S/C13H8ClN3O/c14-10-1-2-12-11(8-18)16-13(17(12)7-10)9-3-5-15-6-4-9/h1-8H. The van der Waals surface area contributed by atoms with Gasteiger partial charge in [0.05, 0.1) is 10.5 Å². The van der Waals surface area contributed by atoms with Crippen LogP contribution in [0.4, 0.5) is 0 Å². The quantitative estimate of drug-likeness (QED) is 0.663. The number of fused-ring (bicyclic) bond motifs is 1. The third-order valence-corrected chi connectivity index (χ3v) is 2.90. The maximum atomic E-state index is 11.0. The highest BCUT2D eigenvalue weighted by molar-refractivity contribution is 6.30. The first kappa shape index (κ1) is 10.9. The molecular weight excluding hydrogens is 250 g/mol. The Hall–Kier alpha value is -2.20. The second-order valence-electron chi connectivity index (χ2n) is 3.78. The van der Waals surface area contributed by atoms with Crippen LogP contribution in [0.3, 0.4) is 0 Å².